The molecule has 0 spiro atoms. The molecule has 0 aromatic carbocycles. The number of allylic oxidation sites excluding steroid dienone is 1. The third kappa shape index (κ3) is 2.82. The second-order valence-electron chi connectivity index (χ2n) is 4.54. The van der Waals surface area contributed by atoms with Crippen LogP contribution in [0.3, 0.4) is 0 Å². The fraction of sp³-hybridized carbons (Fsp3) is 0.833. The Balaban J connectivity index is 2.62. The van der Waals surface area contributed by atoms with E-state index in [-0.39, 0.29) is 11.6 Å². The molecule has 0 saturated carbocycles. The molecule has 0 aromatic heterocycles. The lowest BCUT2D eigenvalue weighted by Crippen LogP contribution is -2.46. The van der Waals surface area contributed by atoms with E-state index in [1.165, 1.54) is 24.8 Å². The minimum atomic E-state index is -0.224. The van der Waals surface area contributed by atoms with Crippen LogP contribution < -0.4 is 5.73 Å². The second-order valence-corrected chi connectivity index (χ2v) is 4.54. The zero-order chi connectivity index (χ0) is 10.6. The maximum absolute atomic E-state index is 6.22. The van der Waals surface area contributed by atoms with Crippen molar-refractivity contribution in [1.82, 2.24) is 0 Å². The number of rotatable bonds is 4. The molecule has 2 heteroatoms. The summed E-state index contributed by atoms with van der Waals surface area (Å²) in [4.78, 5) is 0. The molecule has 0 aliphatic heterocycles. The molecule has 0 amide bonds. The topological polar surface area (TPSA) is 35.2 Å². The van der Waals surface area contributed by atoms with Gasteiger partial charge in [-0.3, -0.25) is 0 Å². The van der Waals surface area contributed by atoms with Crippen LogP contribution in [0.4, 0.5) is 0 Å². The van der Waals surface area contributed by atoms with Crippen molar-refractivity contribution in [2.24, 2.45) is 5.73 Å². The van der Waals surface area contributed by atoms with Gasteiger partial charge in [0, 0.05) is 6.61 Å². The minimum absolute atomic E-state index is 0.0581. The average molecular weight is 197 g/mol. The predicted octanol–water partition coefficient (Wildman–Crippen LogP) is 2.63. The van der Waals surface area contributed by atoms with Crippen LogP contribution in [-0.2, 0) is 4.74 Å². The van der Waals surface area contributed by atoms with Crippen molar-refractivity contribution in [3.05, 3.63) is 11.6 Å². The highest BCUT2D eigenvalue weighted by molar-refractivity contribution is 5.16. The van der Waals surface area contributed by atoms with Crippen molar-refractivity contribution >= 4 is 0 Å². The van der Waals surface area contributed by atoms with Crippen LogP contribution in [0.1, 0.15) is 46.5 Å². The monoisotopic (exact) mass is 197 g/mol. The minimum Gasteiger partial charge on any atom is -0.374 e. The van der Waals surface area contributed by atoms with Crippen LogP contribution in [0, 0.1) is 0 Å². The normalized spacial score (nSPS) is 20.4. The predicted molar refractivity (Wildman–Crippen MR) is 60.2 cm³/mol. The van der Waals surface area contributed by atoms with Crippen LogP contribution in [-0.4, -0.2) is 18.2 Å². The first-order valence-electron chi connectivity index (χ1n) is 5.66. The third-order valence-electron chi connectivity index (χ3n) is 2.99. The molecular weight excluding hydrogens is 174 g/mol. The van der Waals surface area contributed by atoms with E-state index in [1.54, 1.807) is 0 Å². The quantitative estimate of drug-likeness (QED) is 0.703. The number of hydrogen-bond donors (Lipinski definition) is 1. The Hall–Kier alpha value is -0.340. The first-order chi connectivity index (χ1) is 6.58. The molecule has 0 saturated heterocycles. The molecule has 14 heavy (non-hydrogen) atoms. The summed E-state index contributed by atoms with van der Waals surface area (Å²) in [7, 11) is 0. The Labute approximate surface area is 87.5 Å². The summed E-state index contributed by atoms with van der Waals surface area (Å²) in [5.74, 6) is 0. The summed E-state index contributed by atoms with van der Waals surface area (Å²) >= 11 is 0. The standard InChI is InChI=1S/C12H23NO/c1-4-14-12(2,3)11(13)10-8-6-5-7-9-10/h8,11H,4-7,9,13H2,1-3H3. The van der Waals surface area contributed by atoms with Crippen molar-refractivity contribution in [3.8, 4) is 0 Å². The lowest BCUT2D eigenvalue weighted by atomic mass is 9.86. The van der Waals surface area contributed by atoms with Gasteiger partial charge in [0.15, 0.2) is 0 Å². The summed E-state index contributed by atoms with van der Waals surface area (Å²) in [6, 6.07) is 0.0581. The van der Waals surface area contributed by atoms with E-state index in [9.17, 15) is 0 Å². The van der Waals surface area contributed by atoms with E-state index >= 15 is 0 Å². The van der Waals surface area contributed by atoms with Gasteiger partial charge in [0.2, 0.25) is 0 Å². The van der Waals surface area contributed by atoms with Crippen molar-refractivity contribution in [1.29, 1.82) is 0 Å². The van der Waals surface area contributed by atoms with E-state index in [0.29, 0.717) is 0 Å². The fourth-order valence-corrected chi connectivity index (χ4v) is 2.05. The molecule has 0 fully saturated rings. The van der Waals surface area contributed by atoms with Crippen molar-refractivity contribution in [3.63, 3.8) is 0 Å². The summed E-state index contributed by atoms with van der Waals surface area (Å²) < 4.78 is 5.68. The van der Waals surface area contributed by atoms with Gasteiger partial charge in [0.1, 0.15) is 0 Å². The average Bonchev–Trinajstić information content (AvgIpc) is 2.18. The SMILES string of the molecule is CCOC(C)(C)C(N)C1=CCCCC1. The molecule has 0 heterocycles. The van der Waals surface area contributed by atoms with Crippen LogP contribution in [0.5, 0.6) is 0 Å². The first-order valence-corrected chi connectivity index (χ1v) is 5.66. The van der Waals surface area contributed by atoms with E-state index in [2.05, 4.69) is 19.9 Å². The molecule has 0 bridgehead atoms. The van der Waals surface area contributed by atoms with E-state index in [1.807, 2.05) is 6.92 Å². The highest BCUT2D eigenvalue weighted by atomic mass is 16.5. The Morgan fingerprint density at radius 1 is 1.50 bits per heavy atom. The fourth-order valence-electron chi connectivity index (χ4n) is 2.05. The van der Waals surface area contributed by atoms with Crippen LogP contribution in [0.2, 0.25) is 0 Å². The summed E-state index contributed by atoms with van der Waals surface area (Å²) in [6.45, 7) is 6.91. The van der Waals surface area contributed by atoms with Gasteiger partial charge in [-0.05, 0) is 46.5 Å². The van der Waals surface area contributed by atoms with E-state index < -0.39 is 0 Å². The maximum Gasteiger partial charge on any atom is 0.0814 e. The Kier molecular flexibility index (Phi) is 4.14. The molecule has 1 rings (SSSR count). The second kappa shape index (κ2) is 4.94. The van der Waals surface area contributed by atoms with Gasteiger partial charge in [-0.15, -0.1) is 0 Å². The number of nitrogens with two attached hydrogens (primary N) is 1. The third-order valence-corrected chi connectivity index (χ3v) is 2.99. The van der Waals surface area contributed by atoms with Gasteiger partial charge in [0.05, 0.1) is 11.6 Å². The summed E-state index contributed by atoms with van der Waals surface area (Å²) in [5.41, 5.74) is 7.38. The lowest BCUT2D eigenvalue weighted by molar-refractivity contribution is -0.0218. The molecule has 2 nitrogen and oxygen atoms in total. The molecule has 2 N–H and O–H groups in total. The Morgan fingerprint density at radius 3 is 2.71 bits per heavy atom. The Morgan fingerprint density at radius 2 is 2.21 bits per heavy atom. The molecule has 1 unspecified atom stereocenters. The first kappa shape index (κ1) is 11.7. The Bertz CT molecular complexity index is 208. The van der Waals surface area contributed by atoms with E-state index in [0.717, 1.165) is 13.0 Å². The molecule has 0 aromatic rings. The largest absolute Gasteiger partial charge is 0.374 e. The van der Waals surface area contributed by atoms with Crippen molar-refractivity contribution < 1.29 is 4.74 Å². The summed E-state index contributed by atoms with van der Waals surface area (Å²) in [5, 5.41) is 0. The maximum atomic E-state index is 6.22. The zero-order valence-electron chi connectivity index (χ0n) is 9.68. The van der Waals surface area contributed by atoms with Crippen LogP contribution >= 0.6 is 0 Å². The highest BCUT2D eigenvalue weighted by Crippen LogP contribution is 2.26. The van der Waals surface area contributed by atoms with Gasteiger partial charge in [-0.1, -0.05) is 11.6 Å². The number of ether oxygens (including phenoxy) is 1. The van der Waals surface area contributed by atoms with Gasteiger partial charge < -0.3 is 10.5 Å². The van der Waals surface area contributed by atoms with Crippen LogP contribution in [0.15, 0.2) is 11.6 Å². The van der Waals surface area contributed by atoms with Gasteiger partial charge in [-0.2, -0.15) is 0 Å². The molecule has 1 atom stereocenters. The lowest BCUT2D eigenvalue weighted by Gasteiger charge is -2.34. The molecular formula is C12H23NO. The zero-order valence-corrected chi connectivity index (χ0v) is 9.68. The van der Waals surface area contributed by atoms with Gasteiger partial charge in [0.25, 0.3) is 0 Å². The molecule has 1 aliphatic rings. The van der Waals surface area contributed by atoms with Crippen molar-refractivity contribution in [2.75, 3.05) is 6.61 Å². The summed E-state index contributed by atoms with van der Waals surface area (Å²) in [6.07, 6.45) is 7.23. The molecule has 0 radical (unpaired) electrons. The smallest absolute Gasteiger partial charge is 0.0814 e. The van der Waals surface area contributed by atoms with Gasteiger partial charge >= 0.3 is 0 Å². The van der Waals surface area contributed by atoms with Crippen molar-refractivity contribution in [2.45, 2.75) is 58.1 Å². The highest BCUT2D eigenvalue weighted by Gasteiger charge is 2.29. The van der Waals surface area contributed by atoms with E-state index in [4.69, 9.17) is 10.5 Å². The van der Waals surface area contributed by atoms with Crippen LogP contribution in [0.25, 0.3) is 0 Å². The molecule has 82 valence electrons. The van der Waals surface area contributed by atoms with Gasteiger partial charge in [-0.25, -0.2) is 0 Å². The molecule has 1 aliphatic carbocycles. The number of hydrogen-bond acceptors (Lipinski definition) is 2.